The van der Waals surface area contributed by atoms with Gasteiger partial charge in [0.25, 0.3) is 0 Å². The van der Waals surface area contributed by atoms with Crippen molar-refractivity contribution in [2.75, 3.05) is 6.61 Å². The standard InChI is InChI=1S/C12H15F4NO/c1-12(2,3)8(17)5-18-11-9(15)6(13)4-7(14)10(11)16/h4,8H,5,17H2,1-3H3. The van der Waals surface area contributed by atoms with Crippen LogP contribution in [0.3, 0.4) is 0 Å². The lowest BCUT2D eigenvalue weighted by atomic mass is 9.88. The van der Waals surface area contributed by atoms with Crippen molar-refractivity contribution in [1.82, 2.24) is 0 Å². The summed E-state index contributed by atoms with van der Waals surface area (Å²) >= 11 is 0. The SMILES string of the molecule is CC(C)(C)C(N)COc1c(F)c(F)cc(F)c1F. The molecule has 0 saturated heterocycles. The molecule has 0 saturated carbocycles. The van der Waals surface area contributed by atoms with Crippen LogP contribution in [-0.4, -0.2) is 12.6 Å². The molecule has 2 nitrogen and oxygen atoms in total. The van der Waals surface area contributed by atoms with Crippen molar-refractivity contribution in [3.63, 3.8) is 0 Å². The summed E-state index contributed by atoms with van der Waals surface area (Å²) in [7, 11) is 0. The molecule has 0 bridgehead atoms. The molecule has 0 aliphatic carbocycles. The maximum atomic E-state index is 13.2. The zero-order valence-corrected chi connectivity index (χ0v) is 10.4. The highest BCUT2D eigenvalue weighted by molar-refractivity contribution is 5.28. The minimum atomic E-state index is -1.56. The first-order chi connectivity index (χ1) is 8.14. The average molecular weight is 265 g/mol. The van der Waals surface area contributed by atoms with Gasteiger partial charge in [0.15, 0.2) is 17.4 Å². The van der Waals surface area contributed by atoms with Gasteiger partial charge < -0.3 is 10.5 Å². The van der Waals surface area contributed by atoms with E-state index in [1.807, 2.05) is 0 Å². The second-order valence-corrected chi connectivity index (χ2v) is 5.08. The number of benzene rings is 1. The fourth-order valence-electron chi connectivity index (χ4n) is 1.10. The number of hydrogen-bond donors (Lipinski definition) is 1. The maximum absolute atomic E-state index is 13.2. The summed E-state index contributed by atoms with van der Waals surface area (Å²) in [4.78, 5) is 0. The van der Waals surface area contributed by atoms with Gasteiger partial charge in [0, 0.05) is 12.1 Å². The third-order valence-corrected chi connectivity index (χ3v) is 2.59. The molecule has 0 amide bonds. The molecule has 1 aromatic rings. The highest BCUT2D eigenvalue weighted by Crippen LogP contribution is 2.27. The molecule has 1 aromatic carbocycles. The third-order valence-electron chi connectivity index (χ3n) is 2.59. The molecule has 0 aromatic heterocycles. The van der Waals surface area contributed by atoms with E-state index in [4.69, 9.17) is 10.5 Å². The summed E-state index contributed by atoms with van der Waals surface area (Å²) in [6.45, 7) is 5.17. The van der Waals surface area contributed by atoms with E-state index in [2.05, 4.69) is 0 Å². The average Bonchev–Trinajstić information content (AvgIpc) is 2.25. The molecular weight excluding hydrogens is 250 g/mol. The first-order valence-electron chi connectivity index (χ1n) is 5.36. The zero-order valence-electron chi connectivity index (χ0n) is 10.4. The van der Waals surface area contributed by atoms with E-state index in [0.717, 1.165) is 0 Å². The largest absolute Gasteiger partial charge is 0.486 e. The van der Waals surface area contributed by atoms with E-state index in [1.54, 1.807) is 20.8 Å². The highest BCUT2D eigenvalue weighted by Gasteiger charge is 2.25. The Balaban J connectivity index is 2.92. The van der Waals surface area contributed by atoms with Gasteiger partial charge >= 0.3 is 0 Å². The summed E-state index contributed by atoms with van der Waals surface area (Å²) in [5.41, 5.74) is 5.36. The monoisotopic (exact) mass is 265 g/mol. The van der Waals surface area contributed by atoms with Crippen LogP contribution in [0.15, 0.2) is 6.07 Å². The fraction of sp³-hybridized carbons (Fsp3) is 0.500. The van der Waals surface area contributed by atoms with Gasteiger partial charge in [-0.1, -0.05) is 20.8 Å². The van der Waals surface area contributed by atoms with Crippen LogP contribution in [0.1, 0.15) is 20.8 Å². The second-order valence-electron chi connectivity index (χ2n) is 5.08. The van der Waals surface area contributed by atoms with Crippen LogP contribution >= 0.6 is 0 Å². The van der Waals surface area contributed by atoms with Crippen molar-refractivity contribution in [1.29, 1.82) is 0 Å². The number of halogens is 4. The molecule has 0 heterocycles. The van der Waals surface area contributed by atoms with Crippen molar-refractivity contribution < 1.29 is 22.3 Å². The van der Waals surface area contributed by atoms with Gasteiger partial charge in [0.05, 0.1) is 0 Å². The second kappa shape index (κ2) is 5.14. The third kappa shape index (κ3) is 3.13. The van der Waals surface area contributed by atoms with E-state index >= 15 is 0 Å². The Kier molecular flexibility index (Phi) is 4.21. The zero-order chi connectivity index (χ0) is 14.1. The normalized spacial score (nSPS) is 13.6. The van der Waals surface area contributed by atoms with Crippen LogP contribution in [0, 0.1) is 28.7 Å². The van der Waals surface area contributed by atoms with Gasteiger partial charge in [-0.3, -0.25) is 0 Å². The topological polar surface area (TPSA) is 35.2 Å². The van der Waals surface area contributed by atoms with Crippen LogP contribution in [0.4, 0.5) is 17.6 Å². The fourth-order valence-corrected chi connectivity index (χ4v) is 1.10. The molecule has 0 radical (unpaired) electrons. The van der Waals surface area contributed by atoms with Gasteiger partial charge in [0.2, 0.25) is 11.6 Å². The molecule has 0 spiro atoms. The predicted molar refractivity (Wildman–Crippen MR) is 59.2 cm³/mol. The molecule has 1 unspecified atom stereocenters. The van der Waals surface area contributed by atoms with Gasteiger partial charge in [-0.25, -0.2) is 8.78 Å². The molecule has 0 fully saturated rings. The summed E-state index contributed by atoms with van der Waals surface area (Å²) in [6.07, 6.45) is 0. The van der Waals surface area contributed by atoms with Gasteiger partial charge in [-0.15, -0.1) is 0 Å². The van der Waals surface area contributed by atoms with Crippen LogP contribution in [0.2, 0.25) is 0 Å². The van der Waals surface area contributed by atoms with E-state index in [0.29, 0.717) is 0 Å². The number of hydrogen-bond acceptors (Lipinski definition) is 2. The molecule has 18 heavy (non-hydrogen) atoms. The van der Waals surface area contributed by atoms with Crippen molar-refractivity contribution in [3.05, 3.63) is 29.3 Å². The minimum Gasteiger partial charge on any atom is -0.486 e. The highest BCUT2D eigenvalue weighted by atomic mass is 19.2. The summed E-state index contributed by atoms with van der Waals surface area (Å²) in [6, 6.07) is -0.413. The Morgan fingerprint density at radius 3 is 1.94 bits per heavy atom. The number of ether oxygens (including phenoxy) is 1. The molecule has 1 rings (SSSR count). The lowest BCUT2D eigenvalue weighted by Crippen LogP contribution is -2.40. The Morgan fingerprint density at radius 1 is 1.11 bits per heavy atom. The Bertz CT molecular complexity index is 416. The van der Waals surface area contributed by atoms with E-state index in [1.165, 1.54) is 0 Å². The molecule has 0 aliphatic heterocycles. The van der Waals surface area contributed by atoms with E-state index < -0.39 is 35.1 Å². The van der Waals surface area contributed by atoms with Gasteiger partial charge in [0.1, 0.15) is 6.61 Å². The van der Waals surface area contributed by atoms with Crippen LogP contribution in [0.5, 0.6) is 5.75 Å². The van der Waals surface area contributed by atoms with Crippen molar-refractivity contribution >= 4 is 0 Å². The van der Waals surface area contributed by atoms with Gasteiger partial charge in [-0.05, 0) is 5.41 Å². The van der Waals surface area contributed by atoms with E-state index in [-0.39, 0.29) is 18.1 Å². The Morgan fingerprint density at radius 2 is 1.56 bits per heavy atom. The maximum Gasteiger partial charge on any atom is 0.203 e. The predicted octanol–water partition coefficient (Wildman–Crippen LogP) is 3.00. The minimum absolute atomic E-state index is 0.126. The number of nitrogens with two attached hydrogens (primary N) is 1. The van der Waals surface area contributed by atoms with Crippen LogP contribution in [-0.2, 0) is 0 Å². The molecule has 1 atom stereocenters. The van der Waals surface area contributed by atoms with Crippen LogP contribution in [0.25, 0.3) is 0 Å². The molecule has 0 aliphatic rings. The van der Waals surface area contributed by atoms with Crippen molar-refractivity contribution in [2.24, 2.45) is 11.1 Å². The Labute approximate surface area is 103 Å². The first kappa shape index (κ1) is 14.8. The van der Waals surface area contributed by atoms with Crippen molar-refractivity contribution in [2.45, 2.75) is 26.8 Å². The molecular formula is C12H15F4NO. The Hall–Kier alpha value is -1.30. The summed E-state index contributed by atoms with van der Waals surface area (Å²) < 4.78 is 57.0. The summed E-state index contributed by atoms with van der Waals surface area (Å²) in [5, 5.41) is 0. The molecule has 102 valence electrons. The first-order valence-corrected chi connectivity index (χ1v) is 5.36. The summed E-state index contributed by atoms with van der Waals surface area (Å²) in [5.74, 6) is -7.21. The van der Waals surface area contributed by atoms with E-state index in [9.17, 15) is 17.6 Å². The quantitative estimate of drug-likeness (QED) is 0.673. The van der Waals surface area contributed by atoms with Crippen LogP contribution < -0.4 is 10.5 Å². The number of rotatable bonds is 3. The van der Waals surface area contributed by atoms with Crippen molar-refractivity contribution in [3.8, 4) is 5.75 Å². The molecule has 6 heteroatoms. The molecule has 2 N–H and O–H groups in total. The lowest BCUT2D eigenvalue weighted by Gasteiger charge is -2.26. The smallest absolute Gasteiger partial charge is 0.203 e. The van der Waals surface area contributed by atoms with Gasteiger partial charge in [-0.2, -0.15) is 8.78 Å². The lowest BCUT2D eigenvalue weighted by molar-refractivity contribution is 0.190.